The summed E-state index contributed by atoms with van der Waals surface area (Å²) in [6.45, 7) is 0. The molecule has 0 bridgehead atoms. The molecule has 0 aliphatic carbocycles. The van der Waals surface area contributed by atoms with Crippen molar-refractivity contribution in [3.05, 3.63) is 176 Å². The van der Waals surface area contributed by atoms with E-state index in [1.807, 2.05) is 18.2 Å². The van der Waals surface area contributed by atoms with Gasteiger partial charge in [-0.2, -0.15) is 0 Å². The third-order valence-electron chi connectivity index (χ3n) is 10.5. The van der Waals surface area contributed by atoms with E-state index in [4.69, 9.17) is 19.4 Å². The van der Waals surface area contributed by atoms with Crippen LogP contribution >= 0.6 is 0 Å². The quantitative estimate of drug-likeness (QED) is 0.174. The average Bonchev–Trinajstić information content (AvgIpc) is 3.62. The van der Waals surface area contributed by atoms with Crippen molar-refractivity contribution in [2.45, 2.75) is 0 Å². The Morgan fingerprint density at radius 2 is 0.849 bits per heavy atom. The molecule has 0 aliphatic rings. The van der Waals surface area contributed by atoms with Gasteiger partial charge in [0.2, 0.25) is 0 Å². The highest BCUT2D eigenvalue weighted by atomic mass is 16.3. The molecule has 2 heterocycles. The van der Waals surface area contributed by atoms with Gasteiger partial charge in [-0.3, -0.25) is 0 Å². The van der Waals surface area contributed by atoms with Gasteiger partial charge in [0.05, 0.1) is 5.56 Å². The van der Waals surface area contributed by atoms with Crippen molar-refractivity contribution < 1.29 is 4.42 Å². The van der Waals surface area contributed by atoms with E-state index in [2.05, 4.69) is 158 Å². The minimum absolute atomic E-state index is 0.558. The van der Waals surface area contributed by atoms with Crippen molar-refractivity contribution in [2.75, 3.05) is 0 Å². The van der Waals surface area contributed by atoms with Gasteiger partial charge < -0.3 is 4.42 Å². The monoisotopic (exact) mass is 675 g/mol. The summed E-state index contributed by atoms with van der Waals surface area (Å²) in [5, 5.41) is 11.2. The molecule has 0 aliphatic heterocycles. The lowest BCUT2D eigenvalue weighted by Crippen LogP contribution is -2.03. The zero-order valence-corrected chi connectivity index (χ0v) is 28.5. The Balaban J connectivity index is 1.31. The summed E-state index contributed by atoms with van der Waals surface area (Å²) in [6, 6.07) is 61.5. The zero-order chi connectivity index (χ0) is 34.9. The summed E-state index contributed by atoms with van der Waals surface area (Å²) in [5.74, 6) is 1.77. The number of aromatic nitrogens is 3. The van der Waals surface area contributed by atoms with Gasteiger partial charge in [-0.05, 0) is 55.4 Å². The fourth-order valence-corrected chi connectivity index (χ4v) is 8.18. The van der Waals surface area contributed by atoms with Crippen molar-refractivity contribution >= 4 is 65.0 Å². The molecule has 0 unspecified atom stereocenters. The Morgan fingerprint density at radius 3 is 1.64 bits per heavy atom. The normalized spacial score (nSPS) is 11.8. The molecule has 246 valence electrons. The molecule has 0 saturated heterocycles. The minimum Gasteiger partial charge on any atom is -0.455 e. The molecule has 11 rings (SSSR count). The first kappa shape index (κ1) is 29.5. The Morgan fingerprint density at radius 1 is 0.321 bits per heavy atom. The Hall–Kier alpha value is -7.17. The first-order valence-electron chi connectivity index (χ1n) is 17.9. The molecule has 0 N–H and O–H groups in total. The first-order valence-corrected chi connectivity index (χ1v) is 17.9. The summed E-state index contributed by atoms with van der Waals surface area (Å²) in [6.07, 6.45) is 0. The average molecular weight is 676 g/mol. The Kier molecular flexibility index (Phi) is 6.52. The third-order valence-corrected chi connectivity index (χ3v) is 10.5. The standard InChI is InChI=1S/C49H29N3O/c1-2-15-31(16-3-1)44-37-22-8-6-19-34(37)35-20-7-9-23-38(35)45(44)49-51-47(40-25-12-17-32-29-28-30-14-4-5-18-33(30)43(32)40)50-48(52-49)41-26-13-24-39-36-21-10-11-27-42(36)53-46(39)41/h1-29H. The molecule has 0 amide bonds. The second kappa shape index (κ2) is 11.7. The van der Waals surface area contributed by atoms with Crippen LogP contribution in [-0.4, -0.2) is 15.0 Å². The molecule has 53 heavy (non-hydrogen) atoms. The molecule has 0 spiro atoms. The number of benzene rings is 9. The van der Waals surface area contributed by atoms with Crippen LogP contribution in [0.3, 0.4) is 0 Å². The molecule has 9 aromatic carbocycles. The highest BCUT2D eigenvalue weighted by molar-refractivity contribution is 6.21. The maximum absolute atomic E-state index is 6.58. The van der Waals surface area contributed by atoms with Crippen molar-refractivity contribution in [3.63, 3.8) is 0 Å². The van der Waals surface area contributed by atoms with Crippen LogP contribution in [0.25, 0.3) is 110 Å². The van der Waals surface area contributed by atoms with Crippen LogP contribution in [0.15, 0.2) is 180 Å². The Labute approximate surface area is 304 Å². The van der Waals surface area contributed by atoms with E-state index < -0.39 is 0 Å². The van der Waals surface area contributed by atoms with Crippen molar-refractivity contribution in [2.24, 2.45) is 0 Å². The lowest BCUT2D eigenvalue weighted by Gasteiger charge is -2.18. The van der Waals surface area contributed by atoms with Crippen molar-refractivity contribution in [1.29, 1.82) is 0 Å². The minimum atomic E-state index is 0.558. The van der Waals surface area contributed by atoms with Gasteiger partial charge in [0, 0.05) is 32.8 Å². The largest absolute Gasteiger partial charge is 0.455 e. The smallest absolute Gasteiger partial charge is 0.167 e. The van der Waals surface area contributed by atoms with E-state index in [1.165, 1.54) is 10.8 Å². The molecule has 2 aromatic heterocycles. The van der Waals surface area contributed by atoms with Crippen LogP contribution < -0.4 is 0 Å². The van der Waals surface area contributed by atoms with Gasteiger partial charge in [-0.1, -0.05) is 164 Å². The lowest BCUT2D eigenvalue weighted by atomic mass is 9.87. The summed E-state index contributed by atoms with van der Waals surface area (Å²) in [5.41, 5.74) is 6.52. The number of hydrogen-bond donors (Lipinski definition) is 0. The number of fused-ring (bicyclic) bond motifs is 9. The number of rotatable bonds is 4. The number of nitrogens with zero attached hydrogens (tertiary/aromatic N) is 3. The molecular formula is C49H29N3O. The van der Waals surface area contributed by atoms with Crippen LogP contribution in [0.1, 0.15) is 0 Å². The fourth-order valence-electron chi connectivity index (χ4n) is 8.18. The highest BCUT2D eigenvalue weighted by Gasteiger charge is 2.23. The topological polar surface area (TPSA) is 51.8 Å². The van der Waals surface area contributed by atoms with Gasteiger partial charge in [0.15, 0.2) is 17.5 Å². The van der Waals surface area contributed by atoms with Crippen LogP contribution in [0.2, 0.25) is 0 Å². The van der Waals surface area contributed by atoms with E-state index in [0.717, 1.165) is 82.1 Å². The predicted octanol–water partition coefficient (Wildman–Crippen LogP) is 13.1. The number of para-hydroxylation sites is 2. The second-order valence-corrected chi connectivity index (χ2v) is 13.5. The maximum Gasteiger partial charge on any atom is 0.167 e. The SMILES string of the molecule is c1ccc(-c2c(-c3nc(-c4cccc5c4oc4ccccc45)nc(-c4cccc5ccc6ccccc6c45)n3)c3ccccc3c3ccccc23)cc1. The maximum atomic E-state index is 6.58. The van der Waals surface area contributed by atoms with Gasteiger partial charge in [0.1, 0.15) is 11.2 Å². The first-order chi connectivity index (χ1) is 26.3. The zero-order valence-electron chi connectivity index (χ0n) is 28.5. The molecule has 0 radical (unpaired) electrons. The van der Waals surface area contributed by atoms with E-state index in [9.17, 15) is 0 Å². The van der Waals surface area contributed by atoms with E-state index >= 15 is 0 Å². The van der Waals surface area contributed by atoms with E-state index in [0.29, 0.717) is 17.5 Å². The molecule has 4 heteroatoms. The summed E-state index contributed by atoms with van der Waals surface area (Å²) < 4.78 is 6.58. The van der Waals surface area contributed by atoms with Crippen LogP contribution in [0, 0.1) is 0 Å². The second-order valence-electron chi connectivity index (χ2n) is 13.5. The molecule has 11 aromatic rings. The third kappa shape index (κ3) is 4.59. The van der Waals surface area contributed by atoms with E-state index in [-0.39, 0.29) is 0 Å². The Bertz CT molecular complexity index is 3240. The molecule has 0 atom stereocenters. The lowest BCUT2D eigenvalue weighted by molar-refractivity contribution is 0.669. The van der Waals surface area contributed by atoms with Crippen molar-refractivity contribution in [1.82, 2.24) is 15.0 Å². The summed E-state index contributed by atoms with van der Waals surface area (Å²) in [7, 11) is 0. The van der Waals surface area contributed by atoms with Gasteiger partial charge >= 0.3 is 0 Å². The van der Waals surface area contributed by atoms with Gasteiger partial charge in [0.25, 0.3) is 0 Å². The molecule has 0 saturated carbocycles. The van der Waals surface area contributed by atoms with Crippen molar-refractivity contribution in [3.8, 4) is 45.3 Å². The number of hydrogen-bond acceptors (Lipinski definition) is 4. The van der Waals surface area contributed by atoms with Crippen LogP contribution in [-0.2, 0) is 0 Å². The number of furan rings is 1. The van der Waals surface area contributed by atoms with Gasteiger partial charge in [-0.15, -0.1) is 0 Å². The van der Waals surface area contributed by atoms with Gasteiger partial charge in [-0.25, -0.2) is 15.0 Å². The molecule has 0 fully saturated rings. The predicted molar refractivity (Wildman–Crippen MR) is 219 cm³/mol. The summed E-state index contributed by atoms with van der Waals surface area (Å²) in [4.78, 5) is 16.2. The molecule has 4 nitrogen and oxygen atoms in total. The van der Waals surface area contributed by atoms with Crippen LogP contribution in [0.4, 0.5) is 0 Å². The highest BCUT2D eigenvalue weighted by Crippen LogP contribution is 2.45. The molecular weight excluding hydrogens is 647 g/mol. The van der Waals surface area contributed by atoms with Crippen LogP contribution in [0.5, 0.6) is 0 Å². The van der Waals surface area contributed by atoms with E-state index in [1.54, 1.807) is 0 Å². The summed E-state index contributed by atoms with van der Waals surface area (Å²) >= 11 is 0. The fraction of sp³-hybridized carbons (Fsp3) is 0.